The van der Waals surface area contributed by atoms with Crippen molar-refractivity contribution in [2.24, 2.45) is 0 Å². The van der Waals surface area contributed by atoms with Crippen LogP contribution in [0.1, 0.15) is 5.56 Å². The van der Waals surface area contributed by atoms with Gasteiger partial charge in [0.15, 0.2) is 0 Å². The second-order valence-electron chi connectivity index (χ2n) is 3.93. The van der Waals surface area contributed by atoms with Gasteiger partial charge in [-0.1, -0.05) is 17.3 Å². The van der Waals surface area contributed by atoms with Crippen molar-refractivity contribution in [1.82, 2.24) is 15.0 Å². The monoisotopic (exact) mass is 271 g/mol. The molecule has 1 heterocycles. The minimum Gasteiger partial charge on any atom is -0.383 e. The Hall–Kier alpha value is -1.89. The lowest BCUT2D eigenvalue weighted by Crippen LogP contribution is -2.04. The minimum atomic E-state index is -4.32. The number of halogens is 3. The molecule has 1 aromatic carbocycles. The molecule has 0 unspecified atom stereocenters. The van der Waals surface area contributed by atoms with Gasteiger partial charge in [-0.3, -0.25) is 0 Å². The summed E-state index contributed by atoms with van der Waals surface area (Å²) in [6.45, 7) is 1.04. The fourth-order valence-corrected chi connectivity index (χ4v) is 1.55. The third-order valence-electron chi connectivity index (χ3n) is 2.57. The van der Waals surface area contributed by atoms with Crippen LogP contribution in [0, 0.1) is 0 Å². The first-order chi connectivity index (χ1) is 9.00. The number of rotatable bonds is 4. The molecule has 0 aliphatic heterocycles. The average Bonchev–Trinajstić information content (AvgIpc) is 2.84. The van der Waals surface area contributed by atoms with Crippen LogP contribution in [-0.4, -0.2) is 28.7 Å². The molecule has 0 aliphatic carbocycles. The number of benzene rings is 1. The predicted octanol–water partition coefficient (Wildman–Crippen LogP) is 2.61. The smallest absolute Gasteiger partial charge is 0.383 e. The van der Waals surface area contributed by atoms with Crippen molar-refractivity contribution >= 4 is 0 Å². The Labute approximate surface area is 107 Å². The van der Waals surface area contributed by atoms with E-state index in [0.717, 1.165) is 12.1 Å². The molecule has 0 amide bonds. The van der Waals surface area contributed by atoms with Crippen molar-refractivity contribution in [3.8, 4) is 11.3 Å². The molecule has 0 fully saturated rings. The van der Waals surface area contributed by atoms with Gasteiger partial charge >= 0.3 is 6.18 Å². The van der Waals surface area contributed by atoms with Crippen molar-refractivity contribution < 1.29 is 17.9 Å². The van der Waals surface area contributed by atoms with Gasteiger partial charge in [0.25, 0.3) is 0 Å². The van der Waals surface area contributed by atoms with E-state index in [-0.39, 0.29) is 0 Å². The number of hydrogen-bond donors (Lipinski definition) is 0. The first-order valence-electron chi connectivity index (χ1n) is 5.57. The first-order valence-corrected chi connectivity index (χ1v) is 5.57. The van der Waals surface area contributed by atoms with Crippen LogP contribution in [0.2, 0.25) is 0 Å². The van der Waals surface area contributed by atoms with Crippen molar-refractivity contribution in [2.75, 3.05) is 13.7 Å². The van der Waals surface area contributed by atoms with Crippen LogP contribution in [0.15, 0.2) is 30.5 Å². The van der Waals surface area contributed by atoms with Crippen LogP contribution in [0.25, 0.3) is 11.3 Å². The van der Waals surface area contributed by atoms with Gasteiger partial charge in [-0.15, -0.1) is 5.10 Å². The van der Waals surface area contributed by atoms with E-state index in [1.54, 1.807) is 18.0 Å². The average molecular weight is 271 g/mol. The third kappa shape index (κ3) is 3.31. The number of hydrogen-bond acceptors (Lipinski definition) is 3. The summed E-state index contributed by atoms with van der Waals surface area (Å²) in [4.78, 5) is 0. The number of aromatic nitrogens is 3. The van der Waals surface area contributed by atoms with E-state index in [1.807, 2.05) is 0 Å². The van der Waals surface area contributed by atoms with E-state index in [0.29, 0.717) is 24.4 Å². The topological polar surface area (TPSA) is 39.9 Å². The molecular weight excluding hydrogens is 259 g/mol. The van der Waals surface area contributed by atoms with Crippen LogP contribution in [-0.2, 0) is 17.5 Å². The molecule has 2 rings (SSSR count). The summed E-state index contributed by atoms with van der Waals surface area (Å²) in [6.07, 6.45) is -2.66. The van der Waals surface area contributed by atoms with Crippen molar-refractivity contribution in [3.63, 3.8) is 0 Å². The van der Waals surface area contributed by atoms with Gasteiger partial charge < -0.3 is 4.74 Å². The van der Waals surface area contributed by atoms with Crippen LogP contribution in [0.4, 0.5) is 13.2 Å². The van der Waals surface area contributed by atoms with Gasteiger partial charge in [-0.25, -0.2) is 4.68 Å². The van der Waals surface area contributed by atoms with Crippen molar-refractivity contribution in [2.45, 2.75) is 12.7 Å². The standard InChI is InChI=1S/C12H12F3N3O/c1-19-7-6-18-8-11(16-17-18)9-2-4-10(5-3-9)12(13,14)15/h2-5,8H,6-7H2,1H3. The quantitative estimate of drug-likeness (QED) is 0.858. The number of alkyl halides is 3. The van der Waals surface area contributed by atoms with Crippen LogP contribution >= 0.6 is 0 Å². The Bertz CT molecular complexity index is 534. The molecule has 2 aromatic rings. The zero-order valence-electron chi connectivity index (χ0n) is 10.2. The highest BCUT2D eigenvalue weighted by molar-refractivity contribution is 5.58. The van der Waals surface area contributed by atoms with E-state index in [4.69, 9.17) is 4.74 Å². The molecular formula is C12H12F3N3O. The van der Waals surface area contributed by atoms with E-state index >= 15 is 0 Å². The first kappa shape index (κ1) is 13.5. The van der Waals surface area contributed by atoms with Crippen LogP contribution in [0.3, 0.4) is 0 Å². The maximum atomic E-state index is 12.4. The van der Waals surface area contributed by atoms with Crippen molar-refractivity contribution in [1.29, 1.82) is 0 Å². The molecule has 19 heavy (non-hydrogen) atoms. The SMILES string of the molecule is COCCn1cc(-c2ccc(C(F)(F)F)cc2)nn1. The Balaban J connectivity index is 2.16. The third-order valence-corrected chi connectivity index (χ3v) is 2.57. The summed E-state index contributed by atoms with van der Waals surface area (Å²) in [5.74, 6) is 0. The Morgan fingerprint density at radius 1 is 1.21 bits per heavy atom. The minimum absolute atomic E-state index is 0.496. The molecule has 0 bridgehead atoms. The number of ether oxygens (including phenoxy) is 1. The summed E-state index contributed by atoms with van der Waals surface area (Å²) < 4.78 is 43.7. The van der Waals surface area contributed by atoms with Crippen LogP contribution in [0.5, 0.6) is 0 Å². The van der Waals surface area contributed by atoms with E-state index in [1.165, 1.54) is 12.1 Å². The zero-order chi connectivity index (χ0) is 13.9. The molecule has 4 nitrogen and oxygen atoms in total. The maximum absolute atomic E-state index is 12.4. The molecule has 0 saturated carbocycles. The lowest BCUT2D eigenvalue weighted by atomic mass is 10.1. The molecule has 102 valence electrons. The second-order valence-corrected chi connectivity index (χ2v) is 3.93. The van der Waals surface area contributed by atoms with Gasteiger partial charge in [0.2, 0.25) is 0 Å². The molecule has 0 radical (unpaired) electrons. The van der Waals surface area contributed by atoms with Crippen LogP contribution < -0.4 is 0 Å². The van der Waals surface area contributed by atoms with Gasteiger partial charge in [-0.05, 0) is 12.1 Å². The summed E-state index contributed by atoms with van der Waals surface area (Å²) in [5.41, 5.74) is 0.449. The fourth-order valence-electron chi connectivity index (χ4n) is 1.55. The number of methoxy groups -OCH3 is 1. The Morgan fingerprint density at radius 3 is 2.47 bits per heavy atom. The van der Waals surface area contributed by atoms with Crippen molar-refractivity contribution in [3.05, 3.63) is 36.0 Å². The van der Waals surface area contributed by atoms with Gasteiger partial charge in [0, 0.05) is 12.7 Å². The maximum Gasteiger partial charge on any atom is 0.416 e. The summed E-state index contributed by atoms with van der Waals surface area (Å²) in [7, 11) is 1.58. The molecule has 0 saturated heterocycles. The molecule has 0 aliphatic rings. The lowest BCUT2D eigenvalue weighted by Gasteiger charge is -2.06. The predicted molar refractivity (Wildman–Crippen MR) is 62.3 cm³/mol. The largest absolute Gasteiger partial charge is 0.416 e. The molecule has 1 aromatic heterocycles. The highest BCUT2D eigenvalue weighted by Gasteiger charge is 2.30. The van der Waals surface area contributed by atoms with Gasteiger partial charge in [-0.2, -0.15) is 13.2 Å². The van der Waals surface area contributed by atoms with E-state index < -0.39 is 11.7 Å². The highest BCUT2D eigenvalue weighted by Crippen LogP contribution is 2.30. The Morgan fingerprint density at radius 2 is 1.89 bits per heavy atom. The molecule has 0 spiro atoms. The Kier molecular flexibility index (Phi) is 3.84. The number of nitrogens with zero attached hydrogens (tertiary/aromatic N) is 3. The summed E-state index contributed by atoms with van der Waals surface area (Å²) in [5, 5.41) is 7.77. The normalized spacial score (nSPS) is 11.8. The molecule has 7 heteroatoms. The van der Waals surface area contributed by atoms with E-state index in [9.17, 15) is 13.2 Å². The lowest BCUT2D eigenvalue weighted by molar-refractivity contribution is -0.137. The molecule has 0 N–H and O–H groups in total. The summed E-state index contributed by atoms with van der Waals surface area (Å²) >= 11 is 0. The zero-order valence-corrected chi connectivity index (χ0v) is 10.2. The highest BCUT2D eigenvalue weighted by atomic mass is 19.4. The van der Waals surface area contributed by atoms with Gasteiger partial charge in [0.1, 0.15) is 5.69 Å². The second kappa shape index (κ2) is 5.40. The van der Waals surface area contributed by atoms with Gasteiger partial charge in [0.05, 0.1) is 24.9 Å². The fraction of sp³-hybridized carbons (Fsp3) is 0.333. The van der Waals surface area contributed by atoms with E-state index in [2.05, 4.69) is 10.3 Å². The summed E-state index contributed by atoms with van der Waals surface area (Å²) in [6, 6.07) is 4.83. The molecule has 0 atom stereocenters.